The Balaban J connectivity index is 2.51. The minimum Gasteiger partial charge on any atom is -0.346 e. The summed E-state index contributed by atoms with van der Waals surface area (Å²) in [5.41, 5.74) is 0. The van der Waals surface area contributed by atoms with Crippen molar-refractivity contribution in [3.05, 3.63) is 6.67 Å². The van der Waals surface area contributed by atoms with Crippen LogP contribution in [0.5, 0.6) is 0 Å². The molecule has 0 spiro atoms. The molecule has 0 atom stereocenters. The summed E-state index contributed by atoms with van der Waals surface area (Å²) in [6, 6.07) is -0.390. The molecule has 7 heavy (non-hydrogen) atoms. The van der Waals surface area contributed by atoms with E-state index in [4.69, 9.17) is 0 Å². The lowest BCUT2D eigenvalue weighted by molar-refractivity contribution is 0.250. The second-order valence-corrected chi connectivity index (χ2v) is 0.958. The first-order valence-electron chi connectivity index (χ1n) is 1.72. The molecule has 0 saturated carbocycles. The summed E-state index contributed by atoms with van der Waals surface area (Å²) in [6.45, 7) is 2.34. The number of rotatable bonds is 0. The molecular weight excluding hydrogens is 94.1 g/mol. The molecule has 2 N–H and O–H groups in total. The molecule has 4 heteroatoms. The number of aliphatic imine (C=N–C) groups is 1. The molecule has 0 bridgehead atoms. The molecule has 4 nitrogen and oxygen atoms in total. The fraction of sp³-hybridized carbons (Fsp3) is 0. The number of hydrogen-bond donors (Lipinski definition) is 2. The molecule has 0 aromatic rings. The quantitative estimate of drug-likeness (QED) is 0.421. The fourth-order valence-electron chi connectivity index (χ4n) is 0.245. The highest BCUT2D eigenvalue weighted by atomic mass is 16.2. The number of urea groups is 1. The third kappa shape index (κ3) is 0.887. The van der Waals surface area contributed by atoms with Gasteiger partial charge in [-0.25, -0.2) is 4.79 Å². The zero-order chi connectivity index (χ0) is 5.11. The van der Waals surface area contributed by atoms with Crippen LogP contribution in [-0.4, -0.2) is 12.4 Å². The van der Waals surface area contributed by atoms with Crippen molar-refractivity contribution in [2.75, 3.05) is 0 Å². The largest absolute Gasteiger partial charge is 0.346 e. The molecule has 0 aromatic heterocycles. The summed E-state index contributed by atoms with van der Waals surface area (Å²) >= 11 is 0. The van der Waals surface area contributed by atoms with Crippen molar-refractivity contribution in [2.45, 2.75) is 0 Å². The van der Waals surface area contributed by atoms with Crippen molar-refractivity contribution in [2.24, 2.45) is 4.99 Å². The Labute approximate surface area is 40.6 Å². The smallest absolute Gasteiger partial charge is 0.344 e. The highest BCUT2D eigenvalue weighted by molar-refractivity contribution is 5.85. The molecule has 2 radical (unpaired) electrons. The second kappa shape index (κ2) is 1.59. The summed E-state index contributed by atoms with van der Waals surface area (Å²) in [5.74, 6) is 0. The molecule has 1 aliphatic heterocycles. The summed E-state index contributed by atoms with van der Waals surface area (Å²) in [6.07, 6.45) is 1.26. The predicted molar refractivity (Wildman–Crippen MR) is 23.4 cm³/mol. The number of carbonyl (C=O) groups is 1. The van der Waals surface area contributed by atoms with Crippen LogP contribution in [0.2, 0.25) is 0 Å². The lowest BCUT2D eigenvalue weighted by atomic mass is 10.8. The average molecular weight is 97.1 g/mol. The van der Waals surface area contributed by atoms with Gasteiger partial charge in [0.1, 0.15) is 0 Å². The Hall–Kier alpha value is -1.06. The van der Waals surface area contributed by atoms with Gasteiger partial charge in [0, 0.05) is 0 Å². The van der Waals surface area contributed by atoms with Gasteiger partial charge < -0.3 is 10.6 Å². The summed E-state index contributed by atoms with van der Waals surface area (Å²) in [5, 5.41) is 4.63. The van der Waals surface area contributed by atoms with Crippen LogP contribution in [0.4, 0.5) is 4.79 Å². The minimum atomic E-state index is -0.390. The van der Waals surface area contributed by atoms with Crippen LogP contribution in [0.15, 0.2) is 4.99 Å². The van der Waals surface area contributed by atoms with Crippen molar-refractivity contribution < 1.29 is 4.79 Å². The molecule has 0 saturated heterocycles. The van der Waals surface area contributed by atoms with E-state index in [0.717, 1.165) is 0 Å². The number of carbonyl (C=O) groups excluding carboxylic acids is 1. The normalized spacial score (nSPS) is 18.0. The standard InChI is InChI=1S/C3H3N3O/c7-3-5-1-4-2-6-3/h1H,(H2,4,5,6,7). The topological polar surface area (TPSA) is 53.5 Å². The number of amides is 2. The molecule has 0 aliphatic carbocycles. The van der Waals surface area contributed by atoms with E-state index in [-0.39, 0.29) is 0 Å². The van der Waals surface area contributed by atoms with Crippen LogP contribution in [0.1, 0.15) is 0 Å². The summed E-state index contributed by atoms with van der Waals surface area (Å²) in [4.78, 5) is 13.3. The Morgan fingerprint density at radius 1 is 1.86 bits per heavy atom. The minimum absolute atomic E-state index is 0.390. The van der Waals surface area contributed by atoms with Gasteiger partial charge in [0.15, 0.2) is 0 Å². The first-order valence-corrected chi connectivity index (χ1v) is 1.72. The Morgan fingerprint density at radius 2 is 2.71 bits per heavy atom. The van der Waals surface area contributed by atoms with Crippen molar-refractivity contribution in [3.8, 4) is 0 Å². The molecule has 1 heterocycles. The molecule has 1 aliphatic rings. The van der Waals surface area contributed by atoms with E-state index in [1.54, 1.807) is 0 Å². The van der Waals surface area contributed by atoms with E-state index < -0.39 is 6.03 Å². The average Bonchev–Trinajstić information content (AvgIpc) is 1.69. The Bertz CT molecular complexity index is 109. The van der Waals surface area contributed by atoms with Crippen molar-refractivity contribution >= 4 is 12.4 Å². The van der Waals surface area contributed by atoms with Gasteiger partial charge in [-0.2, -0.15) is 4.99 Å². The highest BCUT2D eigenvalue weighted by Crippen LogP contribution is 1.75. The van der Waals surface area contributed by atoms with Gasteiger partial charge in [-0.3, -0.25) is 0 Å². The summed E-state index contributed by atoms with van der Waals surface area (Å²) in [7, 11) is 0. The highest BCUT2D eigenvalue weighted by Gasteiger charge is 1.98. The Kier molecular flexibility index (Phi) is 0.934. The monoisotopic (exact) mass is 97.0 g/mol. The fourth-order valence-corrected chi connectivity index (χ4v) is 0.245. The van der Waals surface area contributed by atoms with Gasteiger partial charge in [-0.05, 0) is 0 Å². The maximum atomic E-state index is 10.1. The summed E-state index contributed by atoms with van der Waals surface area (Å²) < 4.78 is 0. The van der Waals surface area contributed by atoms with Crippen LogP contribution in [0.25, 0.3) is 0 Å². The maximum absolute atomic E-state index is 10.1. The van der Waals surface area contributed by atoms with Crippen molar-refractivity contribution in [3.63, 3.8) is 0 Å². The van der Waals surface area contributed by atoms with Crippen LogP contribution >= 0.6 is 0 Å². The van der Waals surface area contributed by atoms with Gasteiger partial charge >= 0.3 is 6.03 Å². The molecule has 1 rings (SSSR count). The molecule has 0 fully saturated rings. The van der Waals surface area contributed by atoms with E-state index in [2.05, 4.69) is 22.3 Å². The second-order valence-electron chi connectivity index (χ2n) is 0.958. The first kappa shape index (κ1) is 4.11. The van der Waals surface area contributed by atoms with Crippen molar-refractivity contribution in [1.29, 1.82) is 0 Å². The Morgan fingerprint density at radius 3 is 3.00 bits per heavy atom. The van der Waals surface area contributed by atoms with Crippen LogP contribution in [0.3, 0.4) is 0 Å². The van der Waals surface area contributed by atoms with Gasteiger partial charge in [0.05, 0.1) is 6.34 Å². The van der Waals surface area contributed by atoms with Gasteiger partial charge in [0.2, 0.25) is 6.67 Å². The maximum Gasteiger partial charge on any atom is 0.344 e. The van der Waals surface area contributed by atoms with E-state index in [1.165, 1.54) is 6.34 Å². The number of nitrogens with one attached hydrogen (secondary N) is 2. The molecular formula is C3H3N3O. The molecule has 2 amide bonds. The van der Waals surface area contributed by atoms with Crippen LogP contribution in [0, 0.1) is 6.67 Å². The van der Waals surface area contributed by atoms with Gasteiger partial charge in [0.25, 0.3) is 0 Å². The zero-order valence-corrected chi connectivity index (χ0v) is 3.43. The van der Waals surface area contributed by atoms with Crippen molar-refractivity contribution in [1.82, 2.24) is 10.6 Å². The lowest BCUT2D eigenvalue weighted by Gasteiger charge is -2.01. The SMILES string of the molecule is O=C1N=CN[C]N1. The molecule has 0 unspecified atom stereocenters. The predicted octanol–water partition coefficient (Wildman–Crippen LogP) is -0.676. The zero-order valence-electron chi connectivity index (χ0n) is 3.43. The first-order chi connectivity index (χ1) is 3.39. The van der Waals surface area contributed by atoms with Gasteiger partial charge in [-0.15, -0.1) is 0 Å². The third-order valence-corrected chi connectivity index (χ3v) is 0.488. The van der Waals surface area contributed by atoms with E-state index in [0.29, 0.717) is 0 Å². The third-order valence-electron chi connectivity index (χ3n) is 0.488. The molecule has 0 aromatic carbocycles. The van der Waals surface area contributed by atoms with Gasteiger partial charge in [-0.1, -0.05) is 0 Å². The van der Waals surface area contributed by atoms with E-state index >= 15 is 0 Å². The number of nitrogens with zero attached hydrogens (tertiary/aromatic N) is 1. The van der Waals surface area contributed by atoms with Crippen LogP contribution < -0.4 is 10.6 Å². The van der Waals surface area contributed by atoms with Crippen LogP contribution in [-0.2, 0) is 0 Å². The van der Waals surface area contributed by atoms with E-state index in [1.807, 2.05) is 0 Å². The van der Waals surface area contributed by atoms with E-state index in [9.17, 15) is 4.79 Å². The number of hydrogen-bond acceptors (Lipinski definition) is 2. The molecule has 36 valence electrons. The lowest BCUT2D eigenvalue weighted by Crippen LogP contribution is -2.30.